The van der Waals surface area contributed by atoms with Crippen LogP contribution in [0.5, 0.6) is 11.5 Å². The summed E-state index contributed by atoms with van der Waals surface area (Å²) in [7, 11) is 1.22. The molecule has 0 atom stereocenters. The highest BCUT2D eigenvalue weighted by Gasteiger charge is 2.11. The highest BCUT2D eigenvalue weighted by Crippen LogP contribution is 2.28. The monoisotopic (exact) mass is 319 g/mol. The quantitative estimate of drug-likeness (QED) is 0.225. The van der Waals surface area contributed by atoms with Crippen LogP contribution in [0.15, 0.2) is 29.0 Å². The van der Waals surface area contributed by atoms with Gasteiger partial charge < -0.3 is 14.2 Å². The van der Waals surface area contributed by atoms with Crippen molar-refractivity contribution in [1.29, 1.82) is 0 Å². The van der Waals surface area contributed by atoms with Crippen molar-refractivity contribution in [2.24, 2.45) is 5.11 Å². The molecule has 1 aromatic carbocycles. The lowest BCUT2D eigenvalue weighted by Crippen LogP contribution is -2.03. The Hall–Kier alpha value is -2.66. The second-order valence-corrected chi connectivity index (χ2v) is 4.61. The van der Waals surface area contributed by atoms with E-state index in [9.17, 15) is 4.79 Å². The van der Waals surface area contributed by atoms with Crippen LogP contribution in [0.25, 0.3) is 16.5 Å². The summed E-state index contributed by atoms with van der Waals surface area (Å²) in [5.41, 5.74) is 9.04. The zero-order valence-corrected chi connectivity index (χ0v) is 13.6. The summed E-state index contributed by atoms with van der Waals surface area (Å²) in [5, 5.41) is 3.36. The fraction of sp³-hybridized carbons (Fsp3) is 0.438. The lowest BCUT2D eigenvalue weighted by molar-refractivity contribution is -0.136. The molecular formula is C16H21N3O4. The predicted octanol–water partition coefficient (Wildman–Crippen LogP) is 4.09. The first-order valence-electron chi connectivity index (χ1n) is 7.41. The van der Waals surface area contributed by atoms with E-state index < -0.39 is 5.97 Å². The van der Waals surface area contributed by atoms with Crippen LogP contribution in [0.2, 0.25) is 0 Å². The lowest BCUT2D eigenvalue weighted by atomic mass is 10.1. The summed E-state index contributed by atoms with van der Waals surface area (Å²) < 4.78 is 15.9. The van der Waals surface area contributed by atoms with Crippen LogP contribution >= 0.6 is 0 Å². The topological polar surface area (TPSA) is 93.5 Å². The fourth-order valence-corrected chi connectivity index (χ4v) is 1.71. The van der Waals surface area contributed by atoms with Crippen LogP contribution in [0.1, 0.15) is 32.3 Å². The number of hydrogen-bond donors (Lipinski definition) is 0. The molecule has 7 heteroatoms. The Labute approximate surface area is 135 Å². The van der Waals surface area contributed by atoms with Crippen LogP contribution in [0.3, 0.4) is 0 Å². The first-order chi connectivity index (χ1) is 11.2. The molecule has 0 saturated carbocycles. The van der Waals surface area contributed by atoms with Gasteiger partial charge in [-0.25, -0.2) is 4.79 Å². The fourth-order valence-electron chi connectivity index (χ4n) is 1.71. The van der Waals surface area contributed by atoms with Crippen LogP contribution in [0, 0.1) is 0 Å². The van der Waals surface area contributed by atoms with Gasteiger partial charge in [0.05, 0.1) is 20.3 Å². The van der Waals surface area contributed by atoms with E-state index in [1.54, 1.807) is 18.2 Å². The Morgan fingerprint density at radius 2 is 1.96 bits per heavy atom. The van der Waals surface area contributed by atoms with Crippen LogP contribution < -0.4 is 9.47 Å². The summed E-state index contributed by atoms with van der Waals surface area (Å²) >= 11 is 0. The summed E-state index contributed by atoms with van der Waals surface area (Å²) in [4.78, 5) is 14.3. The van der Waals surface area contributed by atoms with Gasteiger partial charge >= 0.3 is 5.97 Å². The van der Waals surface area contributed by atoms with Crippen LogP contribution in [0.4, 0.5) is 0 Å². The molecule has 0 spiro atoms. The molecule has 0 radical (unpaired) electrons. The van der Waals surface area contributed by atoms with E-state index in [2.05, 4.69) is 14.8 Å². The number of azide groups is 1. The SMILES string of the molecule is CCCOc1ccc(/C=C(\N=[N+]=[N-])C(=O)OC)c(OCCC)c1. The highest BCUT2D eigenvalue weighted by atomic mass is 16.5. The van der Waals surface area contributed by atoms with Crippen molar-refractivity contribution in [2.45, 2.75) is 26.7 Å². The Morgan fingerprint density at radius 3 is 2.57 bits per heavy atom. The van der Waals surface area contributed by atoms with Gasteiger partial charge in [0.2, 0.25) is 0 Å². The third kappa shape index (κ3) is 5.92. The van der Waals surface area contributed by atoms with Crippen molar-refractivity contribution in [1.82, 2.24) is 0 Å². The number of carbonyl (C=O) groups excluding carboxylic acids is 1. The summed E-state index contributed by atoms with van der Waals surface area (Å²) in [5.74, 6) is 0.518. The first-order valence-corrected chi connectivity index (χ1v) is 7.41. The third-order valence-electron chi connectivity index (χ3n) is 2.76. The molecule has 0 saturated heterocycles. The minimum atomic E-state index is -0.712. The Morgan fingerprint density at radius 1 is 1.26 bits per heavy atom. The van der Waals surface area contributed by atoms with Gasteiger partial charge in [0.1, 0.15) is 17.2 Å². The Kier molecular flexibility index (Phi) is 8.10. The summed E-state index contributed by atoms with van der Waals surface area (Å²) in [6.07, 6.45) is 3.17. The highest BCUT2D eigenvalue weighted by molar-refractivity contribution is 5.93. The molecule has 0 N–H and O–H groups in total. The first kappa shape index (κ1) is 18.4. The zero-order chi connectivity index (χ0) is 17.1. The maximum atomic E-state index is 11.6. The number of nitrogens with zero attached hydrogens (tertiary/aromatic N) is 3. The van der Waals surface area contributed by atoms with Gasteiger partial charge in [-0.1, -0.05) is 19.0 Å². The maximum absolute atomic E-state index is 11.6. The van der Waals surface area contributed by atoms with Crippen molar-refractivity contribution >= 4 is 12.0 Å². The summed E-state index contributed by atoms with van der Waals surface area (Å²) in [6.45, 7) is 5.14. The molecule has 0 aliphatic rings. The van der Waals surface area contributed by atoms with Gasteiger partial charge in [-0.2, -0.15) is 0 Å². The largest absolute Gasteiger partial charge is 0.493 e. The van der Waals surface area contributed by atoms with E-state index >= 15 is 0 Å². The van der Waals surface area contributed by atoms with Gasteiger partial charge in [-0.3, -0.25) is 0 Å². The van der Waals surface area contributed by atoms with Crippen LogP contribution in [-0.4, -0.2) is 26.3 Å². The molecule has 1 rings (SSSR count). The molecule has 23 heavy (non-hydrogen) atoms. The van der Waals surface area contributed by atoms with E-state index in [0.29, 0.717) is 30.3 Å². The van der Waals surface area contributed by atoms with Crippen molar-refractivity contribution in [2.75, 3.05) is 20.3 Å². The second-order valence-electron chi connectivity index (χ2n) is 4.61. The minimum Gasteiger partial charge on any atom is -0.493 e. The lowest BCUT2D eigenvalue weighted by Gasteiger charge is -2.12. The van der Waals surface area contributed by atoms with Gasteiger partial charge in [-0.05, 0) is 36.6 Å². The smallest absolute Gasteiger partial charge is 0.340 e. The molecule has 0 aliphatic heterocycles. The molecule has 0 bridgehead atoms. The van der Waals surface area contributed by atoms with E-state index in [1.165, 1.54) is 13.2 Å². The molecule has 0 aliphatic carbocycles. The number of hydrogen-bond acceptors (Lipinski definition) is 5. The van der Waals surface area contributed by atoms with Crippen LogP contribution in [-0.2, 0) is 9.53 Å². The maximum Gasteiger partial charge on any atom is 0.340 e. The molecule has 1 aromatic rings. The minimum absolute atomic E-state index is 0.140. The van der Waals surface area contributed by atoms with Gasteiger partial charge in [-0.15, -0.1) is 0 Å². The number of esters is 1. The van der Waals surface area contributed by atoms with Gasteiger partial charge in [0, 0.05) is 16.5 Å². The Bertz CT molecular complexity index is 607. The zero-order valence-electron chi connectivity index (χ0n) is 13.6. The standard InChI is InChI=1S/C16H21N3O4/c1-4-8-22-13-7-6-12(15(11-13)23-9-5-2)10-14(18-19-17)16(20)21-3/h6-7,10-11H,4-5,8-9H2,1-3H3/b14-10-. The van der Waals surface area contributed by atoms with E-state index in [4.69, 9.17) is 15.0 Å². The molecule has 0 unspecified atom stereocenters. The molecule has 0 aromatic heterocycles. The molecule has 7 nitrogen and oxygen atoms in total. The second kappa shape index (κ2) is 10.1. The van der Waals surface area contributed by atoms with Crippen molar-refractivity contribution in [3.63, 3.8) is 0 Å². The van der Waals surface area contributed by atoms with Crippen molar-refractivity contribution in [3.05, 3.63) is 39.9 Å². The van der Waals surface area contributed by atoms with Crippen molar-refractivity contribution in [3.8, 4) is 11.5 Å². The third-order valence-corrected chi connectivity index (χ3v) is 2.76. The number of methoxy groups -OCH3 is 1. The average Bonchev–Trinajstić information content (AvgIpc) is 2.58. The van der Waals surface area contributed by atoms with E-state index in [-0.39, 0.29) is 5.70 Å². The molecule has 0 heterocycles. The molecular weight excluding hydrogens is 298 g/mol. The van der Waals surface area contributed by atoms with E-state index in [1.807, 2.05) is 13.8 Å². The summed E-state index contributed by atoms with van der Waals surface area (Å²) in [6, 6.07) is 5.26. The normalized spacial score (nSPS) is 10.7. The number of carbonyl (C=O) groups is 1. The average molecular weight is 319 g/mol. The predicted molar refractivity (Wildman–Crippen MR) is 87.2 cm³/mol. The number of benzene rings is 1. The molecule has 0 amide bonds. The van der Waals surface area contributed by atoms with Crippen molar-refractivity contribution < 1.29 is 19.0 Å². The number of rotatable bonds is 9. The number of ether oxygens (including phenoxy) is 3. The van der Waals surface area contributed by atoms with Gasteiger partial charge in [0.15, 0.2) is 0 Å². The molecule has 0 fully saturated rings. The van der Waals surface area contributed by atoms with E-state index in [0.717, 1.165) is 12.8 Å². The van der Waals surface area contributed by atoms with Gasteiger partial charge in [0.25, 0.3) is 0 Å². The Balaban J connectivity index is 3.20. The molecule has 124 valence electrons.